The average Bonchev–Trinajstić information content (AvgIpc) is 3.13. The van der Waals surface area contributed by atoms with Gasteiger partial charge in [-0.05, 0) is 48.4 Å². The van der Waals surface area contributed by atoms with Gasteiger partial charge in [0.2, 0.25) is 10.0 Å². The third-order valence-electron chi connectivity index (χ3n) is 4.93. The van der Waals surface area contributed by atoms with Crippen LogP contribution in [0.15, 0.2) is 84.0 Å². The van der Waals surface area contributed by atoms with E-state index in [9.17, 15) is 13.2 Å². The lowest BCUT2D eigenvalue weighted by atomic mass is 10.1. The Kier molecular flexibility index (Phi) is 6.62. The minimum atomic E-state index is -3.35. The Morgan fingerprint density at radius 2 is 1.66 bits per heavy atom. The molecule has 0 atom stereocenters. The molecule has 8 heteroatoms. The third kappa shape index (κ3) is 5.57. The molecule has 1 heterocycles. The van der Waals surface area contributed by atoms with E-state index in [2.05, 4.69) is 21.4 Å². The minimum Gasteiger partial charge on any atom is -0.319 e. The number of benzene rings is 3. The van der Waals surface area contributed by atoms with Crippen LogP contribution in [0.1, 0.15) is 15.9 Å². The first-order valence-electron chi connectivity index (χ1n) is 10.1. The molecule has 4 aromatic rings. The topological polar surface area (TPSA) is 81.1 Å². The predicted molar refractivity (Wildman–Crippen MR) is 130 cm³/mol. The molecule has 0 aliphatic rings. The number of hydrogen-bond acceptors (Lipinski definition) is 5. The van der Waals surface area contributed by atoms with Crippen molar-refractivity contribution in [3.8, 4) is 0 Å². The van der Waals surface area contributed by atoms with Crippen LogP contribution in [0.5, 0.6) is 0 Å². The van der Waals surface area contributed by atoms with Crippen molar-refractivity contribution in [2.24, 2.45) is 0 Å². The summed E-state index contributed by atoms with van der Waals surface area (Å²) in [5, 5.41) is 0.811. The molecule has 0 saturated heterocycles. The summed E-state index contributed by atoms with van der Waals surface area (Å²) in [6, 6.07) is 24.7. The molecule has 0 bridgehead atoms. The van der Waals surface area contributed by atoms with Crippen LogP contribution in [0.4, 0.5) is 5.69 Å². The summed E-state index contributed by atoms with van der Waals surface area (Å²) in [6.07, 6.45) is 1.96. The van der Waals surface area contributed by atoms with Gasteiger partial charge in [0.15, 0.2) is 10.9 Å². The second-order valence-electron chi connectivity index (χ2n) is 7.43. The smallest absolute Gasteiger partial charge is 0.229 e. The van der Waals surface area contributed by atoms with Crippen LogP contribution in [-0.4, -0.2) is 35.8 Å². The maximum absolute atomic E-state index is 12.7. The molecule has 1 aromatic heterocycles. The molecule has 4 rings (SSSR count). The van der Waals surface area contributed by atoms with E-state index in [0.29, 0.717) is 11.3 Å². The van der Waals surface area contributed by atoms with Crippen LogP contribution >= 0.6 is 11.8 Å². The number of hydrogen-bond donors (Lipinski definition) is 1. The molecule has 0 aliphatic heterocycles. The van der Waals surface area contributed by atoms with E-state index in [1.165, 1.54) is 17.3 Å². The average molecular weight is 466 g/mol. The van der Waals surface area contributed by atoms with Crippen molar-refractivity contribution in [1.29, 1.82) is 0 Å². The molecule has 164 valence electrons. The maximum Gasteiger partial charge on any atom is 0.229 e. The first kappa shape index (κ1) is 22.1. The Labute approximate surface area is 191 Å². The predicted octanol–water partition coefficient (Wildman–Crippen LogP) is 4.63. The van der Waals surface area contributed by atoms with Crippen molar-refractivity contribution in [3.63, 3.8) is 0 Å². The molecule has 0 spiro atoms. The van der Waals surface area contributed by atoms with E-state index in [-0.39, 0.29) is 11.5 Å². The Morgan fingerprint density at radius 1 is 0.969 bits per heavy atom. The largest absolute Gasteiger partial charge is 0.319 e. The molecule has 0 fully saturated rings. The fourth-order valence-electron chi connectivity index (χ4n) is 3.42. The highest BCUT2D eigenvalue weighted by atomic mass is 32.2. The summed E-state index contributed by atoms with van der Waals surface area (Å²) in [6.45, 7) is 0.771. The number of carbonyl (C=O) groups excluding carboxylic acids is 1. The van der Waals surface area contributed by atoms with Crippen molar-refractivity contribution in [1.82, 2.24) is 9.55 Å². The minimum absolute atomic E-state index is 0.0393. The van der Waals surface area contributed by atoms with Gasteiger partial charge in [0, 0.05) is 17.8 Å². The lowest BCUT2D eigenvalue weighted by Gasteiger charge is -2.09. The van der Waals surface area contributed by atoms with E-state index in [0.717, 1.165) is 35.4 Å². The quantitative estimate of drug-likeness (QED) is 0.288. The molecule has 0 unspecified atom stereocenters. The zero-order chi connectivity index (χ0) is 22.6. The molecule has 0 saturated carbocycles. The zero-order valence-corrected chi connectivity index (χ0v) is 19.2. The summed E-state index contributed by atoms with van der Waals surface area (Å²) in [7, 11) is -3.35. The lowest BCUT2D eigenvalue weighted by Crippen LogP contribution is -2.10. The fraction of sp³-hybridized carbons (Fsp3) is 0.167. The van der Waals surface area contributed by atoms with Crippen molar-refractivity contribution >= 4 is 44.3 Å². The molecule has 32 heavy (non-hydrogen) atoms. The number of anilines is 1. The SMILES string of the molecule is CS(=O)(=O)Nc1ccc(C(=O)CSc2nc3ccccc3n2CCc2ccccc2)cc1. The van der Waals surface area contributed by atoms with Gasteiger partial charge >= 0.3 is 0 Å². The standard InChI is InChI=1S/C24H23N3O3S2/c1-32(29,30)26-20-13-11-19(12-14-20)23(28)17-31-24-25-21-9-5-6-10-22(21)27(24)16-15-18-7-3-2-4-8-18/h2-14,26H,15-17H2,1H3. The first-order valence-corrected chi connectivity index (χ1v) is 13.0. The number of nitrogens with one attached hydrogen (secondary N) is 1. The van der Waals surface area contributed by atoms with Gasteiger partial charge in [-0.2, -0.15) is 0 Å². The van der Waals surface area contributed by atoms with E-state index in [1.54, 1.807) is 24.3 Å². The molecule has 1 N–H and O–H groups in total. The second kappa shape index (κ2) is 9.58. The summed E-state index contributed by atoms with van der Waals surface area (Å²) in [5.41, 5.74) is 4.17. The summed E-state index contributed by atoms with van der Waals surface area (Å²) >= 11 is 1.42. The van der Waals surface area contributed by atoms with E-state index in [4.69, 9.17) is 4.98 Å². The lowest BCUT2D eigenvalue weighted by molar-refractivity contribution is 0.102. The number of sulfonamides is 1. The number of carbonyl (C=O) groups is 1. The van der Waals surface area contributed by atoms with Gasteiger partial charge in [0.05, 0.1) is 23.0 Å². The van der Waals surface area contributed by atoms with Gasteiger partial charge in [0.25, 0.3) is 0 Å². The summed E-state index contributed by atoms with van der Waals surface area (Å²) < 4.78 is 27.2. The Hall–Kier alpha value is -3.10. The zero-order valence-electron chi connectivity index (χ0n) is 17.6. The number of thioether (sulfide) groups is 1. The molecule has 0 aliphatic carbocycles. The third-order valence-corrected chi connectivity index (χ3v) is 6.51. The highest BCUT2D eigenvalue weighted by molar-refractivity contribution is 7.99. The van der Waals surface area contributed by atoms with Gasteiger partial charge < -0.3 is 4.57 Å². The maximum atomic E-state index is 12.7. The van der Waals surface area contributed by atoms with Crippen LogP contribution in [0.25, 0.3) is 11.0 Å². The molecular formula is C24H23N3O3S2. The molecule has 0 radical (unpaired) electrons. The first-order chi connectivity index (χ1) is 15.4. The number of aryl methyl sites for hydroxylation is 2. The van der Waals surface area contributed by atoms with Crippen LogP contribution < -0.4 is 4.72 Å². The van der Waals surface area contributed by atoms with Crippen LogP contribution in [0, 0.1) is 0 Å². The Bertz CT molecular complexity index is 1330. The monoisotopic (exact) mass is 465 g/mol. The van der Waals surface area contributed by atoms with Crippen molar-refractivity contribution in [2.75, 3.05) is 16.7 Å². The van der Waals surface area contributed by atoms with Crippen LogP contribution in [0.2, 0.25) is 0 Å². The van der Waals surface area contributed by atoms with Gasteiger partial charge in [0.1, 0.15) is 0 Å². The van der Waals surface area contributed by atoms with Gasteiger partial charge in [-0.25, -0.2) is 13.4 Å². The van der Waals surface area contributed by atoms with E-state index in [1.807, 2.05) is 42.5 Å². The van der Waals surface area contributed by atoms with Crippen LogP contribution in [-0.2, 0) is 23.0 Å². The van der Waals surface area contributed by atoms with Gasteiger partial charge in [-0.15, -0.1) is 0 Å². The summed E-state index contributed by atoms with van der Waals surface area (Å²) in [5.74, 6) is 0.204. The van der Waals surface area contributed by atoms with Crippen molar-refractivity contribution in [2.45, 2.75) is 18.1 Å². The van der Waals surface area contributed by atoms with Crippen LogP contribution in [0.3, 0.4) is 0 Å². The molecule has 3 aromatic carbocycles. The van der Waals surface area contributed by atoms with E-state index < -0.39 is 10.0 Å². The van der Waals surface area contributed by atoms with Crippen molar-refractivity contribution < 1.29 is 13.2 Å². The Balaban J connectivity index is 1.48. The van der Waals surface area contributed by atoms with Crippen molar-refractivity contribution in [3.05, 3.63) is 90.0 Å². The molecule has 0 amide bonds. The van der Waals surface area contributed by atoms with Gasteiger partial charge in [-0.1, -0.05) is 54.2 Å². The number of fused-ring (bicyclic) bond motifs is 1. The number of ketones is 1. The van der Waals surface area contributed by atoms with E-state index >= 15 is 0 Å². The normalized spacial score (nSPS) is 11.5. The molecule has 6 nitrogen and oxygen atoms in total. The number of para-hydroxylation sites is 2. The molecular weight excluding hydrogens is 442 g/mol. The highest BCUT2D eigenvalue weighted by Gasteiger charge is 2.14. The number of imidazole rings is 1. The second-order valence-corrected chi connectivity index (χ2v) is 10.1. The van der Waals surface area contributed by atoms with Gasteiger partial charge in [-0.3, -0.25) is 9.52 Å². The number of nitrogens with zero attached hydrogens (tertiary/aromatic N) is 2. The number of aromatic nitrogens is 2. The number of rotatable bonds is 9. The summed E-state index contributed by atoms with van der Waals surface area (Å²) in [4.78, 5) is 17.5. The highest BCUT2D eigenvalue weighted by Crippen LogP contribution is 2.25. The fourth-order valence-corrected chi connectivity index (χ4v) is 4.92. The Morgan fingerprint density at radius 3 is 2.38 bits per heavy atom. The number of Topliss-reactive ketones (excluding diaryl/α,β-unsaturated/α-hetero) is 1.